The number of nitrogens with zero attached hydrogens (tertiary/aromatic N) is 3. The van der Waals surface area contributed by atoms with Gasteiger partial charge in [-0.3, -0.25) is 15.1 Å². The number of amides is 1. The number of nitrogens with one attached hydrogen (secondary N) is 2. The van der Waals surface area contributed by atoms with Gasteiger partial charge >= 0.3 is 0 Å². The Morgan fingerprint density at radius 1 is 1.44 bits per heavy atom. The molecular formula is C18H29N5O2. The van der Waals surface area contributed by atoms with Crippen LogP contribution in [-0.2, 0) is 0 Å². The van der Waals surface area contributed by atoms with E-state index in [4.69, 9.17) is 4.74 Å². The molecule has 0 saturated carbocycles. The van der Waals surface area contributed by atoms with E-state index in [1.54, 1.807) is 31.5 Å². The molecule has 0 aliphatic heterocycles. The molecule has 0 spiro atoms. The van der Waals surface area contributed by atoms with Crippen molar-refractivity contribution in [2.75, 3.05) is 41.0 Å². The number of likely N-dealkylation sites (N-methyl/N-ethyl adjacent to an activating group) is 1. The summed E-state index contributed by atoms with van der Waals surface area (Å²) in [6.07, 6.45) is 2.45. The zero-order valence-corrected chi connectivity index (χ0v) is 15.6. The number of benzene rings is 1. The molecule has 1 unspecified atom stereocenters. The third-order valence-corrected chi connectivity index (χ3v) is 3.49. The van der Waals surface area contributed by atoms with Crippen LogP contribution in [0, 0.1) is 0 Å². The number of carbonyl (C=O) groups is 1. The smallest absolute Gasteiger partial charge is 0.253 e. The Morgan fingerprint density at radius 3 is 2.84 bits per heavy atom. The van der Waals surface area contributed by atoms with Gasteiger partial charge in [0, 0.05) is 38.8 Å². The number of hydrogen-bond donors (Lipinski definition) is 2. The van der Waals surface area contributed by atoms with Crippen LogP contribution in [0.2, 0.25) is 0 Å². The van der Waals surface area contributed by atoms with E-state index in [9.17, 15) is 4.79 Å². The second-order valence-corrected chi connectivity index (χ2v) is 5.95. The molecule has 1 atom stereocenters. The number of hydrogen-bond acceptors (Lipinski definition) is 6. The minimum absolute atomic E-state index is 0.0221. The lowest BCUT2D eigenvalue weighted by molar-refractivity contribution is 0.0941. The zero-order valence-electron chi connectivity index (χ0n) is 15.6. The van der Waals surface area contributed by atoms with Crippen LogP contribution in [-0.4, -0.2) is 70.7 Å². The first-order valence-corrected chi connectivity index (χ1v) is 8.29. The summed E-state index contributed by atoms with van der Waals surface area (Å²) in [5.74, 6) is 0.327. The summed E-state index contributed by atoms with van der Waals surface area (Å²) >= 11 is 0. The molecule has 138 valence electrons. The van der Waals surface area contributed by atoms with Gasteiger partial charge in [-0.25, -0.2) is 0 Å². The molecule has 7 heteroatoms. The fourth-order valence-corrected chi connectivity index (χ4v) is 2.11. The van der Waals surface area contributed by atoms with Crippen molar-refractivity contribution in [3.05, 3.63) is 23.8 Å². The van der Waals surface area contributed by atoms with Gasteiger partial charge in [-0.05, 0) is 39.9 Å². The summed E-state index contributed by atoms with van der Waals surface area (Å²) in [4.78, 5) is 22.5. The molecule has 0 radical (unpaired) electrons. The largest absolute Gasteiger partial charge is 0.476 e. The Kier molecular flexibility index (Phi) is 9.42. The first-order valence-electron chi connectivity index (χ1n) is 8.29. The Morgan fingerprint density at radius 2 is 2.20 bits per heavy atom. The Labute approximate surface area is 150 Å². The fourth-order valence-electron chi connectivity index (χ4n) is 2.11. The minimum atomic E-state index is -0.203. The molecule has 0 aliphatic carbocycles. The molecule has 0 bridgehead atoms. The van der Waals surface area contributed by atoms with Crippen molar-refractivity contribution in [3.8, 4) is 5.75 Å². The van der Waals surface area contributed by atoms with Crippen LogP contribution in [0.25, 0.3) is 0 Å². The van der Waals surface area contributed by atoms with Crippen LogP contribution in [0.1, 0.15) is 23.7 Å². The van der Waals surface area contributed by atoms with Gasteiger partial charge in [0.1, 0.15) is 18.2 Å². The van der Waals surface area contributed by atoms with Crippen molar-refractivity contribution in [1.82, 2.24) is 15.5 Å². The van der Waals surface area contributed by atoms with E-state index in [0.717, 1.165) is 13.1 Å². The van der Waals surface area contributed by atoms with E-state index in [0.29, 0.717) is 30.2 Å². The lowest BCUT2D eigenvalue weighted by Crippen LogP contribution is -2.33. The zero-order chi connectivity index (χ0) is 18.7. The molecule has 0 fully saturated rings. The van der Waals surface area contributed by atoms with Crippen molar-refractivity contribution >= 4 is 24.5 Å². The van der Waals surface area contributed by atoms with Gasteiger partial charge < -0.3 is 19.9 Å². The lowest BCUT2D eigenvalue weighted by atomic mass is 10.1. The average Bonchev–Trinajstić information content (AvgIpc) is 2.58. The second kappa shape index (κ2) is 11.3. The van der Waals surface area contributed by atoms with E-state index in [-0.39, 0.29) is 11.9 Å². The number of ether oxygens (including phenoxy) is 1. The molecule has 1 aromatic rings. The summed E-state index contributed by atoms with van der Waals surface area (Å²) in [6, 6.07) is 5.25. The summed E-state index contributed by atoms with van der Waals surface area (Å²) in [5, 5.41) is 6.11. The van der Waals surface area contributed by atoms with Crippen molar-refractivity contribution in [1.29, 1.82) is 0 Å². The van der Waals surface area contributed by atoms with Crippen LogP contribution >= 0.6 is 0 Å². The standard InChI is InChI=1S/C18H29N5O2/c1-14(9-10-19-2)22-18(24)15-7-6-8-16(17(15)20-3)25-13-21-11-12-23(4)5/h6-8,10,14,21H,3,9,11-13H2,1-2,4-5H3,(H,22,24). The highest BCUT2D eigenvalue weighted by Crippen LogP contribution is 2.31. The number of aliphatic imine (C=N–C) groups is 2. The third-order valence-electron chi connectivity index (χ3n) is 3.49. The number of carbonyl (C=O) groups excluding carboxylic acids is 1. The second-order valence-electron chi connectivity index (χ2n) is 5.95. The monoisotopic (exact) mass is 347 g/mol. The van der Waals surface area contributed by atoms with Crippen molar-refractivity contribution in [2.45, 2.75) is 19.4 Å². The van der Waals surface area contributed by atoms with E-state index < -0.39 is 0 Å². The van der Waals surface area contributed by atoms with Crippen molar-refractivity contribution in [2.24, 2.45) is 9.98 Å². The molecule has 1 aromatic carbocycles. The van der Waals surface area contributed by atoms with E-state index >= 15 is 0 Å². The van der Waals surface area contributed by atoms with Crippen molar-refractivity contribution in [3.63, 3.8) is 0 Å². The van der Waals surface area contributed by atoms with Crippen LogP contribution < -0.4 is 15.4 Å². The summed E-state index contributed by atoms with van der Waals surface area (Å²) < 4.78 is 5.71. The van der Waals surface area contributed by atoms with E-state index in [1.165, 1.54) is 0 Å². The van der Waals surface area contributed by atoms with Crippen LogP contribution in [0.3, 0.4) is 0 Å². The van der Waals surface area contributed by atoms with Crippen LogP contribution in [0.4, 0.5) is 5.69 Å². The van der Waals surface area contributed by atoms with Gasteiger partial charge in [0.2, 0.25) is 0 Å². The quantitative estimate of drug-likeness (QED) is 0.363. The van der Waals surface area contributed by atoms with Gasteiger partial charge in [-0.15, -0.1) is 0 Å². The van der Waals surface area contributed by atoms with Gasteiger partial charge in [-0.1, -0.05) is 6.07 Å². The maximum atomic E-state index is 12.5. The van der Waals surface area contributed by atoms with Crippen molar-refractivity contribution < 1.29 is 9.53 Å². The summed E-state index contributed by atoms with van der Waals surface area (Å²) in [5.41, 5.74) is 0.895. The third kappa shape index (κ3) is 7.45. The Balaban J connectivity index is 2.71. The first kappa shape index (κ1) is 20.8. The highest BCUT2D eigenvalue weighted by molar-refractivity contribution is 6.00. The SMILES string of the molecule is C=Nc1c(OCNCCN(C)C)cccc1C(=O)NC(C)CC=NC. The molecule has 2 N–H and O–H groups in total. The van der Waals surface area contributed by atoms with Crippen LogP contribution in [0.5, 0.6) is 5.75 Å². The number of para-hydroxylation sites is 1. The summed E-state index contributed by atoms with van der Waals surface area (Å²) in [6.45, 7) is 7.56. The number of rotatable bonds is 11. The molecule has 1 rings (SSSR count). The van der Waals surface area contributed by atoms with Gasteiger partial charge in [0.25, 0.3) is 5.91 Å². The molecule has 0 aromatic heterocycles. The molecular weight excluding hydrogens is 318 g/mol. The highest BCUT2D eigenvalue weighted by Gasteiger charge is 2.16. The molecule has 0 saturated heterocycles. The van der Waals surface area contributed by atoms with Gasteiger partial charge in [-0.2, -0.15) is 0 Å². The highest BCUT2D eigenvalue weighted by atomic mass is 16.5. The normalized spacial score (nSPS) is 12.4. The molecule has 25 heavy (non-hydrogen) atoms. The van der Waals surface area contributed by atoms with Gasteiger partial charge in [0.15, 0.2) is 0 Å². The Bertz CT molecular complexity index is 587. The van der Waals surface area contributed by atoms with E-state index in [1.807, 2.05) is 21.0 Å². The van der Waals surface area contributed by atoms with Gasteiger partial charge in [0.05, 0.1) is 5.56 Å². The minimum Gasteiger partial charge on any atom is -0.476 e. The lowest BCUT2D eigenvalue weighted by Gasteiger charge is -2.16. The molecule has 7 nitrogen and oxygen atoms in total. The molecule has 0 heterocycles. The van der Waals surface area contributed by atoms with E-state index in [2.05, 4.69) is 32.2 Å². The van der Waals surface area contributed by atoms with Crippen LogP contribution in [0.15, 0.2) is 28.2 Å². The summed E-state index contributed by atoms with van der Waals surface area (Å²) in [7, 11) is 5.73. The topological polar surface area (TPSA) is 78.3 Å². The average molecular weight is 347 g/mol. The maximum Gasteiger partial charge on any atom is 0.253 e. The maximum absolute atomic E-state index is 12.5. The molecule has 1 amide bonds. The first-order chi connectivity index (χ1) is 12.0. The fraction of sp³-hybridized carbons (Fsp3) is 0.500. The predicted molar refractivity (Wildman–Crippen MR) is 104 cm³/mol. The predicted octanol–water partition coefficient (Wildman–Crippen LogP) is 1.72. The molecule has 0 aliphatic rings. The Hall–Kier alpha value is -2.25.